The summed E-state index contributed by atoms with van der Waals surface area (Å²) in [5, 5.41) is 6.65. The zero-order chi connectivity index (χ0) is 21.4. The number of likely N-dealkylation sites (tertiary alicyclic amines) is 1. The predicted octanol–water partition coefficient (Wildman–Crippen LogP) is 3.45. The molecule has 2 aromatic rings. The molecular formula is C22H33IN4O3S. The highest BCUT2D eigenvalue weighted by Gasteiger charge is 2.26. The van der Waals surface area contributed by atoms with E-state index < -0.39 is 9.84 Å². The number of nitrogens with one attached hydrogen (secondary N) is 2. The number of hydrogen-bond acceptors (Lipinski definition) is 5. The summed E-state index contributed by atoms with van der Waals surface area (Å²) in [5.74, 6) is 1.54. The molecule has 0 saturated carbocycles. The Morgan fingerprint density at radius 3 is 2.45 bits per heavy atom. The number of rotatable bonds is 9. The van der Waals surface area contributed by atoms with Crippen molar-refractivity contribution in [1.82, 2.24) is 15.5 Å². The molecule has 0 amide bonds. The van der Waals surface area contributed by atoms with Gasteiger partial charge in [0.15, 0.2) is 15.8 Å². The maximum Gasteiger partial charge on any atom is 0.191 e. The maximum absolute atomic E-state index is 12.7. The van der Waals surface area contributed by atoms with Gasteiger partial charge < -0.3 is 15.1 Å². The van der Waals surface area contributed by atoms with E-state index in [0.29, 0.717) is 23.8 Å². The first-order valence-corrected chi connectivity index (χ1v) is 12.2. The number of nitrogens with zero attached hydrogens (tertiary/aromatic N) is 2. The Bertz CT molecular complexity index is 898. The average molecular weight is 561 g/mol. The number of benzene rings is 1. The van der Waals surface area contributed by atoms with Gasteiger partial charge in [0.1, 0.15) is 5.76 Å². The second-order valence-electron chi connectivity index (χ2n) is 7.57. The molecule has 172 valence electrons. The summed E-state index contributed by atoms with van der Waals surface area (Å²) in [6.45, 7) is 4.70. The molecule has 0 aliphatic carbocycles. The van der Waals surface area contributed by atoms with Crippen molar-refractivity contribution in [2.24, 2.45) is 4.99 Å². The first-order chi connectivity index (χ1) is 14.5. The van der Waals surface area contributed by atoms with Crippen LogP contribution in [0.1, 0.15) is 38.0 Å². The molecule has 1 aliphatic rings. The summed E-state index contributed by atoms with van der Waals surface area (Å²) in [7, 11) is -1.67. The van der Waals surface area contributed by atoms with Crippen LogP contribution in [0.5, 0.6) is 0 Å². The van der Waals surface area contributed by atoms with Crippen LogP contribution in [0, 0.1) is 0 Å². The van der Waals surface area contributed by atoms with Crippen molar-refractivity contribution in [2.75, 3.05) is 32.4 Å². The third kappa shape index (κ3) is 7.21. The molecule has 2 heterocycles. The molecule has 2 atom stereocenters. The van der Waals surface area contributed by atoms with Crippen LogP contribution in [-0.4, -0.2) is 57.8 Å². The minimum atomic E-state index is -3.37. The van der Waals surface area contributed by atoms with E-state index in [1.165, 1.54) is 12.8 Å². The Balaban J connectivity index is 0.00000341. The highest BCUT2D eigenvalue weighted by Crippen LogP contribution is 2.24. The van der Waals surface area contributed by atoms with Crippen LogP contribution in [0.25, 0.3) is 0 Å². The zero-order valence-corrected chi connectivity index (χ0v) is 21.3. The van der Waals surface area contributed by atoms with E-state index in [-0.39, 0.29) is 41.8 Å². The Morgan fingerprint density at radius 1 is 1.16 bits per heavy atom. The van der Waals surface area contributed by atoms with Crippen molar-refractivity contribution in [2.45, 2.75) is 43.2 Å². The van der Waals surface area contributed by atoms with E-state index in [4.69, 9.17) is 4.42 Å². The van der Waals surface area contributed by atoms with Crippen LogP contribution in [0.15, 0.2) is 63.0 Å². The molecule has 2 N–H and O–H groups in total. The van der Waals surface area contributed by atoms with Gasteiger partial charge in [-0.2, -0.15) is 0 Å². The molecule has 0 bridgehead atoms. The molecular weight excluding hydrogens is 527 g/mol. The van der Waals surface area contributed by atoms with Crippen LogP contribution < -0.4 is 10.6 Å². The number of guanidine groups is 1. The lowest BCUT2D eigenvalue weighted by molar-refractivity contribution is 0.215. The van der Waals surface area contributed by atoms with Gasteiger partial charge in [-0.05, 0) is 56.6 Å². The molecule has 1 aromatic carbocycles. The number of halogens is 1. The lowest BCUT2D eigenvalue weighted by Crippen LogP contribution is -2.48. The van der Waals surface area contributed by atoms with Gasteiger partial charge in [0.25, 0.3) is 0 Å². The lowest BCUT2D eigenvalue weighted by atomic mass is 10.2. The molecule has 3 rings (SSSR count). The third-order valence-electron chi connectivity index (χ3n) is 5.50. The fraction of sp³-hybridized carbons (Fsp3) is 0.500. The fourth-order valence-corrected chi connectivity index (χ4v) is 5.39. The first kappa shape index (κ1) is 25.7. The highest BCUT2D eigenvalue weighted by molar-refractivity contribution is 14.0. The van der Waals surface area contributed by atoms with Crippen molar-refractivity contribution >= 4 is 39.8 Å². The molecule has 1 fully saturated rings. The molecule has 9 heteroatoms. The van der Waals surface area contributed by atoms with Crippen molar-refractivity contribution in [3.8, 4) is 0 Å². The molecule has 7 nitrogen and oxygen atoms in total. The average Bonchev–Trinajstić information content (AvgIpc) is 3.48. The molecule has 31 heavy (non-hydrogen) atoms. The zero-order valence-electron chi connectivity index (χ0n) is 18.2. The van der Waals surface area contributed by atoms with E-state index in [9.17, 15) is 8.42 Å². The number of hydrogen-bond donors (Lipinski definition) is 2. The van der Waals surface area contributed by atoms with Crippen LogP contribution >= 0.6 is 24.0 Å². The number of furan rings is 1. The van der Waals surface area contributed by atoms with Gasteiger partial charge in [0, 0.05) is 19.6 Å². The van der Waals surface area contributed by atoms with Gasteiger partial charge in [0.05, 0.1) is 23.0 Å². The van der Waals surface area contributed by atoms with Crippen LogP contribution in [0.2, 0.25) is 0 Å². The number of aliphatic imine (C=N–C) groups is 1. The SMILES string of the molecule is CCC(CS(=O)(=O)c1ccccc1)NC(=NC)NCC(c1ccco1)N1CCCC1.I. The van der Waals surface area contributed by atoms with Crippen molar-refractivity contribution in [3.63, 3.8) is 0 Å². The van der Waals surface area contributed by atoms with Crippen LogP contribution in [0.3, 0.4) is 0 Å². The highest BCUT2D eigenvalue weighted by atomic mass is 127. The summed E-state index contributed by atoms with van der Waals surface area (Å²) in [6, 6.07) is 12.4. The summed E-state index contributed by atoms with van der Waals surface area (Å²) < 4.78 is 31.2. The number of sulfone groups is 1. The predicted molar refractivity (Wildman–Crippen MR) is 135 cm³/mol. The van der Waals surface area contributed by atoms with E-state index in [0.717, 1.165) is 18.8 Å². The molecule has 1 aliphatic heterocycles. The van der Waals surface area contributed by atoms with Crippen molar-refractivity contribution in [1.29, 1.82) is 0 Å². The summed E-state index contributed by atoms with van der Waals surface area (Å²) in [6.07, 6.45) is 4.76. The molecule has 1 aromatic heterocycles. The van der Waals surface area contributed by atoms with E-state index in [1.54, 1.807) is 37.6 Å². The Morgan fingerprint density at radius 2 is 1.87 bits per heavy atom. The van der Waals surface area contributed by atoms with Crippen LogP contribution in [-0.2, 0) is 9.84 Å². The Labute approximate surface area is 202 Å². The van der Waals surface area contributed by atoms with Gasteiger partial charge in [-0.1, -0.05) is 25.1 Å². The van der Waals surface area contributed by atoms with Gasteiger partial charge in [-0.15, -0.1) is 24.0 Å². The van der Waals surface area contributed by atoms with Gasteiger partial charge in [0.2, 0.25) is 0 Å². The van der Waals surface area contributed by atoms with Gasteiger partial charge >= 0.3 is 0 Å². The summed E-state index contributed by atoms with van der Waals surface area (Å²) >= 11 is 0. The van der Waals surface area contributed by atoms with E-state index in [2.05, 4.69) is 20.5 Å². The second kappa shape index (κ2) is 12.4. The van der Waals surface area contributed by atoms with Crippen molar-refractivity contribution < 1.29 is 12.8 Å². The van der Waals surface area contributed by atoms with Gasteiger partial charge in [-0.25, -0.2) is 8.42 Å². The smallest absolute Gasteiger partial charge is 0.191 e. The summed E-state index contributed by atoms with van der Waals surface area (Å²) in [5.41, 5.74) is 0. The normalized spacial score (nSPS) is 17.0. The topological polar surface area (TPSA) is 86.9 Å². The van der Waals surface area contributed by atoms with Crippen LogP contribution in [0.4, 0.5) is 0 Å². The minimum Gasteiger partial charge on any atom is -0.468 e. The maximum atomic E-state index is 12.7. The Kier molecular flexibility index (Phi) is 10.3. The quantitative estimate of drug-likeness (QED) is 0.278. The van der Waals surface area contributed by atoms with Gasteiger partial charge in [-0.3, -0.25) is 9.89 Å². The fourth-order valence-electron chi connectivity index (χ4n) is 3.78. The third-order valence-corrected chi connectivity index (χ3v) is 7.33. The Hall–Kier alpha value is -1.59. The monoisotopic (exact) mass is 560 g/mol. The molecule has 2 unspecified atom stereocenters. The molecule has 0 radical (unpaired) electrons. The standard InChI is InChI=1S/C22H32N4O3S.HI/c1-3-18(17-30(27,28)19-10-5-4-6-11-19)25-22(23-2)24-16-20(21-12-9-15-29-21)26-13-7-8-14-26;/h4-6,9-12,15,18,20H,3,7-8,13-14,16-17H2,1-2H3,(H2,23,24,25);1H. The molecule has 0 spiro atoms. The second-order valence-corrected chi connectivity index (χ2v) is 9.61. The lowest BCUT2D eigenvalue weighted by Gasteiger charge is -2.27. The minimum absolute atomic E-state index is 0. The summed E-state index contributed by atoms with van der Waals surface area (Å²) in [4.78, 5) is 7.07. The van der Waals surface area contributed by atoms with E-state index >= 15 is 0 Å². The largest absolute Gasteiger partial charge is 0.468 e. The van der Waals surface area contributed by atoms with Crippen molar-refractivity contribution in [3.05, 3.63) is 54.5 Å². The molecule has 1 saturated heterocycles. The van der Waals surface area contributed by atoms with E-state index in [1.807, 2.05) is 25.1 Å². The first-order valence-electron chi connectivity index (χ1n) is 10.6.